The van der Waals surface area contributed by atoms with Crippen molar-refractivity contribution in [2.24, 2.45) is 5.92 Å². The van der Waals surface area contributed by atoms with Crippen LogP contribution in [0.25, 0.3) is 10.9 Å². The van der Waals surface area contributed by atoms with Crippen LogP contribution in [0.5, 0.6) is 0 Å². The molecule has 0 aliphatic carbocycles. The van der Waals surface area contributed by atoms with Gasteiger partial charge in [-0.1, -0.05) is 6.07 Å². The topological polar surface area (TPSA) is 71.0 Å². The maximum Gasteiger partial charge on any atom is 0.254 e. The van der Waals surface area contributed by atoms with Gasteiger partial charge in [0.25, 0.3) is 11.5 Å². The molecule has 4 rings (SSSR count). The van der Waals surface area contributed by atoms with Crippen molar-refractivity contribution in [3.05, 3.63) is 65.0 Å². The van der Waals surface area contributed by atoms with Crippen molar-refractivity contribution in [3.8, 4) is 0 Å². The van der Waals surface area contributed by atoms with Gasteiger partial charge >= 0.3 is 0 Å². The summed E-state index contributed by atoms with van der Waals surface area (Å²) in [4.78, 5) is 33.8. The van der Waals surface area contributed by atoms with Crippen LogP contribution in [0.2, 0.25) is 0 Å². The zero-order valence-corrected chi connectivity index (χ0v) is 13.9. The number of nitrogens with one attached hydrogen (secondary N) is 1. The van der Waals surface area contributed by atoms with Gasteiger partial charge < -0.3 is 9.88 Å². The Bertz CT molecular complexity index is 951. The van der Waals surface area contributed by atoms with Gasteiger partial charge in [0.15, 0.2) is 0 Å². The van der Waals surface area contributed by atoms with Crippen molar-refractivity contribution in [3.63, 3.8) is 0 Å². The van der Waals surface area contributed by atoms with Crippen LogP contribution in [0.3, 0.4) is 0 Å². The quantitative estimate of drug-likeness (QED) is 0.797. The minimum Gasteiger partial charge on any atom is -0.361 e. The van der Waals surface area contributed by atoms with Crippen LogP contribution >= 0.6 is 0 Å². The summed E-state index contributed by atoms with van der Waals surface area (Å²) in [5.74, 6) is 0.483. The van der Waals surface area contributed by atoms with Gasteiger partial charge in [0.2, 0.25) is 0 Å². The average molecular weight is 336 g/mol. The molecule has 0 unspecified atom stereocenters. The van der Waals surface area contributed by atoms with E-state index in [0.29, 0.717) is 12.5 Å². The molecule has 6 nitrogen and oxygen atoms in total. The number of piperidine rings is 1. The molecule has 1 amide bonds. The molecule has 1 aliphatic rings. The van der Waals surface area contributed by atoms with Crippen LogP contribution in [0.1, 0.15) is 23.2 Å². The molecular formula is C19H20N4O2. The van der Waals surface area contributed by atoms with Gasteiger partial charge in [0.1, 0.15) is 0 Å². The van der Waals surface area contributed by atoms with Crippen LogP contribution in [-0.2, 0) is 6.54 Å². The lowest BCUT2D eigenvalue weighted by Gasteiger charge is -2.32. The third-order valence-electron chi connectivity index (χ3n) is 4.97. The summed E-state index contributed by atoms with van der Waals surface area (Å²) in [5, 5.41) is 0.969. The van der Waals surface area contributed by atoms with Gasteiger partial charge in [0.05, 0.1) is 6.33 Å². The standard InChI is InChI=1S/C19H20N4O2/c24-18-5-8-20-13-23(18)12-14-6-10-22(11-7-14)19(25)16-2-1-3-17-15(16)4-9-21-17/h1-5,8-9,13-14,21H,6-7,10-12H2. The predicted molar refractivity (Wildman–Crippen MR) is 95.4 cm³/mol. The smallest absolute Gasteiger partial charge is 0.254 e. The van der Waals surface area contributed by atoms with Crippen molar-refractivity contribution in [2.45, 2.75) is 19.4 Å². The van der Waals surface area contributed by atoms with E-state index in [1.807, 2.05) is 35.4 Å². The summed E-state index contributed by atoms with van der Waals surface area (Å²) >= 11 is 0. The minimum atomic E-state index is -0.0207. The van der Waals surface area contributed by atoms with Crippen molar-refractivity contribution in [2.75, 3.05) is 13.1 Å². The Morgan fingerprint density at radius 3 is 2.84 bits per heavy atom. The summed E-state index contributed by atoms with van der Waals surface area (Å²) in [6.45, 7) is 2.11. The van der Waals surface area contributed by atoms with Crippen molar-refractivity contribution >= 4 is 16.8 Å². The van der Waals surface area contributed by atoms with E-state index >= 15 is 0 Å². The van der Waals surface area contributed by atoms with E-state index in [0.717, 1.165) is 42.4 Å². The lowest BCUT2D eigenvalue weighted by Crippen LogP contribution is -2.40. The molecule has 1 saturated heterocycles. The third-order valence-corrected chi connectivity index (χ3v) is 4.97. The van der Waals surface area contributed by atoms with Crippen LogP contribution < -0.4 is 5.56 Å². The zero-order chi connectivity index (χ0) is 17.2. The van der Waals surface area contributed by atoms with Gasteiger partial charge in [-0.3, -0.25) is 14.2 Å². The first-order valence-corrected chi connectivity index (χ1v) is 8.58. The number of amides is 1. The number of aromatic amines is 1. The molecule has 2 aromatic heterocycles. The number of likely N-dealkylation sites (tertiary alicyclic amines) is 1. The van der Waals surface area contributed by atoms with E-state index in [2.05, 4.69) is 9.97 Å². The second kappa shape index (κ2) is 6.55. The number of carbonyl (C=O) groups excluding carboxylic acids is 1. The fraction of sp³-hybridized carbons (Fsp3) is 0.316. The fourth-order valence-corrected chi connectivity index (χ4v) is 3.55. The molecule has 6 heteroatoms. The summed E-state index contributed by atoms with van der Waals surface area (Å²) < 4.78 is 1.66. The molecule has 128 valence electrons. The number of hydrogen-bond acceptors (Lipinski definition) is 3. The molecular weight excluding hydrogens is 316 g/mol. The second-order valence-corrected chi connectivity index (χ2v) is 6.55. The Hall–Kier alpha value is -2.89. The number of hydrogen-bond donors (Lipinski definition) is 1. The molecule has 1 aliphatic heterocycles. The molecule has 0 bridgehead atoms. The monoisotopic (exact) mass is 336 g/mol. The van der Waals surface area contributed by atoms with Crippen LogP contribution in [0, 0.1) is 5.92 Å². The highest BCUT2D eigenvalue weighted by atomic mass is 16.2. The molecule has 1 aromatic carbocycles. The van der Waals surface area contributed by atoms with E-state index in [1.165, 1.54) is 12.3 Å². The number of H-pyrrole nitrogens is 1. The SMILES string of the molecule is O=C(c1cccc2[nH]ccc12)N1CCC(Cn2cnccc2=O)CC1. The van der Waals surface area contributed by atoms with Crippen molar-refractivity contribution in [1.29, 1.82) is 0 Å². The van der Waals surface area contributed by atoms with E-state index < -0.39 is 0 Å². The Kier molecular flexibility index (Phi) is 4.09. The lowest BCUT2D eigenvalue weighted by molar-refractivity contribution is 0.0684. The second-order valence-electron chi connectivity index (χ2n) is 6.55. The van der Waals surface area contributed by atoms with Crippen molar-refractivity contribution in [1.82, 2.24) is 19.4 Å². The Balaban J connectivity index is 1.43. The molecule has 0 spiro atoms. The zero-order valence-electron chi connectivity index (χ0n) is 13.9. The highest BCUT2D eigenvalue weighted by Crippen LogP contribution is 2.23. The molecule has 1 fully saturated rings. The van der Waals surface area contributed by atoms with Crippen LogP contribution in [-0.4, -0.2) is 38.4 Å². The number of nitrogens with zero attached hydrogens (tertiary/aromatic N) is 3. The number of aromatic nitrogens is 3. The van der Waals surface area contributed by atoms with E-state index in [4.69, 9.17) is 0 Å². The summed E-state index contributed by atoms with van der Waals surface area (Å²) in [6, 6.07) is 9.21. The minimum absolute atomic E-state index is 0.0207. The lowest BCUT2D eigenvalue weighted by atomic mass is 9.96. The van der Waals surface area contributed by atoms with Crippen molar-refractivity contribution < 1.29 is 4.79 Å². The first-order valence-electron chi connectivity index (χ1n) is 8.58. The van der Waals surface area contributed by atoms with E-state index in [1.54, 1.807) is 10.9 Å². The molecule has 25 heavy (non-hydrogen) atoms. The first kappa shape index (κ1) is 15.6. The van der Waals surface area contributed by atoms with Gasteiger partial charge in [-0.15, -0.1) is 0 Å². The number of carbonyl (C=O) groups is 1. The maximum absolute atomic E-state index is 12.9. The number of rotatable bonds is 3. The van der Waals surface area contributed by atoms with Gasteiger partial charge in [-0.05, 0) is 37.0 Å². The molecule has 0 atom stereocenters. The molecule has 0 radical (unpaired) electrons. The van der Waals surface area contributed by atoms with Gasteiger partial charge in [0, 0.05) is 54.6 Å². The summed E-state index contributed by atoms with van der Waals surface area (Å²) in [7, 11) is 0. The van der Waals surface area contributed by atoms with E-state index in [-0.39, 0.29) is 11.5 Å². The average Bonchev–Trinajstić information content (AvgIpc) is 3.12. The van der Waals surface area contributed by atoms with Crippen LogP contribution in [0.4, 0.5) is 0 Å². The highest BCUT2D eigenvalue weighted by molar-refractivity contribution is 6.06. The molecule has 1 N–H and O–H groups in total. The summed E-state index contributed by atoms with van der Waals surface area (Å²) in [6.07, 6.45) is 6.76. The highest BCUT2D eigenvalue weighted by Gasteiger charge is 2.25. The van der Waals surface area contributed by atoms with Gasteiger partial charge in [-0.25, -0.2) is 4.98 Å². The Labute approximate surface area is 145 Å². The first-order chi connectivity index (χ1) is 12.2. The summed E-state index contributed by atoms with van der Waals surface area (Å²) in [5.41, 5.74) is 1.71. The molecule has 3 heterocycles. The number of benzene rings is 1. The maximum atomic E-state index is 12.9. The van der Waals surface area contributed by atoms with E-state index in [9.17, 15) is 9.59 Å². The molecule has 0 saturated carbocycles. The van der Waals surface area contributed by atoms with Gasteiger partial charge in [-0.2, -0.15) is 0 Å². The largest absolute Gasteiger partial charge is 0.361 e. The fourth-order valence-electron chi connectivity index (χ4n) is 3.55. The van der Waals surface area contributed by atoms with Crippen LogP contribution in [0.15, 0.2) is 53.8 Å². The molecule has 3 aromatic rings. The third kappa shape index (κ3) is 3.07. The Morgan fingerprint density at radius 2 is 2.04 bits per heavy atom. The number of fused-ring (bicyclic) bond motifs is 1. The predicted octanol–water partition coefficient (Wildman–Crippen LogP) is 2.28. The normalized spacial score (nSPS) is 15.6. The Morgan fingerprint density at radius 1 is 1.20 bits per heavy atom.